The van der Waals surface area contributed by atoms with E-state index in [1.54, 1.807) is 6.92 Å². The van der Waals surface area contributed by atoms with Crippen molar-refractivity contribution >= 4 is 5.57 Å². The number of rotatable bonds is 4. The van der Waals surface area contributed by atoms with Gasteiger partial charge in [0.05, 0.1) is 0 Å². The molecule has 0 spiro atoms. The summed E-state index contributed by atoms with van der Waals surface area (Å²) in [5, 5.41) is 3.34. The molecule has 1 N–H and O–H groups in total. The minimum Gasteiger partial charge on any atom is -0.312 e. The van der Waals surface area contributed by atoms with E-state index in [1.807, 2.05) is 6.08 Å². The molecule has 0 aliphatic heterocycles. The van der Waals surface area contributed by atoms with Gasteiger partial charge in [0, 0.05) is 11.1 Å². The monoisotopic (exact) mass is 253 g/mol. The van der Waals surface area contributed by atoms with Gasteiger partial charge in [0.1, 0.15) is 11.6 Å². The molecule has 1 aromatic rings. The van der Waals surface area contributed by atoms with Crippen molar-refractivity contribution in [2.45, 2.75) is 39.7 Å². The number of benzene rings is 1. The van der Waals surface area contributed by atoms with Crippen LogP contribution in [0.3, 0.4) is 0 Å². The average molecular weight is 253 g/mol. The van der Waals surface area contributed by atoms with Crippen LogP contribution in [0.2, 0.25) is 0 Å². The highest BCUT2D eigenvalue weighted by Crippen LogP contribution is 2.19. The fourth-order valence-corrected chi connectivity index (χ4v) is 1.65. The molecule has 0 saturated heterocycles. The highest BCUT2D eigenvalue weighted by Gasteiger charge is 2.08. The van der Waals surface area contributed by atoms with Gasteiger partial charge in [-0.3, -0.25) is 0 Å². The Morgan fingerprint density at radius 3 is 2.56 bits per heavy atom. The van der Waals surface area contributed by atoms with E-state index in [1.165, 1.54) is 6.07 Å². The highest BCUT2D eigenvalue weighted by atomic mass is 19.1. The van der Waals surface area contributed by atoms with Crippen LogP contribution in [-0.4, -0.2) is 12.1 Å². The molecule has 0 heterocycles. The van der Waals surface area contributed by atoms with Gasteiger partial charge in [0.15, 0.2) is 0 Å². The molecule has 0 bridgehead atoms. The summed E-state index contributed by atoms with van der Waals surface area (Å²) in [5.74, 6) is -0.791. The SMILES string of the molecule is CC(=CCCNC(C)(C)C)c1cc(F)ccc1F. The van der Waals surface area contributed by atoms with E-state index < -0.39 is 5.82 Å². The lowest BCUT2D eigenvalue weighted by Gasteiger charge is -2.19. The van der Waals surface area contributed by atoms with Crippen LogP contribution >= 0.6 is 0 Å². The van der Waals surface area contributed by atoms with E-state index in [2.05, 4.69) is 26.1 Å². The minimum atomic E-state index is -0.410. The van der Waals surface area contributed by atoms with Crippen LogP contribution in [0.5, 0.6) is 0 Å². The van der Waals surface area contributed by atoms with Gasteiger partial charge in [-0.15, -0.1) is 0 Å². The molecule has 0 atom stereocenters. The second-order valence-electron chi connectivity index (χ2n) is 5.48. The zero-order chi connectivity index (χ0) is 13.8. The molecular weight excluding hydrogens is 232 g/mol. The first-order chi connectivity index (χ1) is 8.29. The third-order valence-corrected chi connectivity index (χ3v) is 2.60. The smallest absolute Gasteiger partial charge is 0.130 e. The van der Waals surface area contributed by atoms with Gasteiger partial charge in [-0.05, 0) is 64.4 Å². The van der Waals surface area contributed by atoms with Crippen molar-refractivity contribution in [3.63, 3.8) is 0 Å². The Balaban J connectivity index is 2.63. The summed E-state index contributed by atoms with van der Waals surface area (Å²) in [6, 6.07) is 3.53. The Kier molecular flexibility index (Phi) is 5.03. The molecule has 1 rings (SSSR count). The van der Waals surface area contributed by atoms with E-state index in [4.69, 9.17) is 0 Å². The van der Waals surface area contributed by atoms with Gasteiger partial charge in [-0.1, -0.05) is 6.08 Å². The number of nitrogens with one attached hydrogen (secondary N) is 1. The van der Waals surface area contributed by atoms with Crippen molar-refractivity contribution in [3.05, 3.63) is 41.5 Å². The van der Waals surface area contributed by atoms with Crippen molar-refractivity contribution < 1.29 is 8.78 Å². The first-order valence-electron chi connectivity index (χ1n) is 6.17. The lowest BCUT2D eigenvalue weighted by atomic mass is 10.0. The predicted octanol–water partition coefficient (Wildman–Crippen LogP) is 4.15. The molecule has 0 radical (unpaired) electrons. The molecule has 0 amide bonds. The average Bonchev–Trinajstić information content (AvgIpc) is 2.26. The Morgan fingerprint density at radius 1 is 1.28 bits per heavy atom. The summed E-state index contributed by atoms with van der Waals surface area (Å²) in [4.78, 5) is 0. The molecule has 100 valence electrons. The van der Waals surface area contributed by atoms with Crippen molar-refractivity contribution in [1.29, 1.82) is 0 Å². The fraction of sp³-hybridized carbons (Fsp3) is 0.467. The number of halogens is 2. The van der Waals surface area contributed by atoms with Crippen LogP contribution in [0.1, 0.15) is 39.7 Å². The van der Waals surface area contributed by atoms with Gasteiger partial charge in [-0.2, -0.15) is 0 Å². The van der Waals surface area contributed by atoms with E-state index in [9.17, 15) is 8.78 Å². The topological polar surface area (TPSA) is 12.0 Å². The van der Waals surface area contributed by atoms with Crippen molar-refractivity contribution in [3.8, 4) is 0 Å². The number of hydrogen-bond donors (Lipinski definition) is 1. The molecule has 0 unspecified atom stereocenters. The Bertz CT molecular complexity index is 431. The number of hydrogen-bond acceptors (Lipinski definition) is 1. The Labute approximate surface area is 108 Å². The van der Waals surface area contributed by atoms with E-state index in [0.29, 0.717) is 5.56 Å². The van der Waals surface area contributed by atoms with Crippen LogP contribution in [-0.2, 0) is 0 Å². The van der Waals surface area contributed by atoms with Crippen LogP contribution in [0.15, 0.2) is 24.3 Å². The third kappa shape index (κ3) is 4.96. The van der Waals surface area contributed by atoms with Crippen LogP contribution in [0, 0.1) is 11.6 Å². The van der Waals surface area contributed by atoms with Crippen molar-refractivity contribution in [2.24, 2.45) is 0 Å². The highest BCUT2D eigenvalue weighted by molar-refractivity contribution is 5.64. The first-order valence-corrected chi connectivity index (χ1v) is 6.17. The van der Waals surface area contributed by atoms with Crippen molar-refractivity contribution in [2.75, 3.05) is 6.54 Å². The Morgan fingerprint density at radius 2 is 1.94 bits per heavy atom. The van der Waals surface area contributed by atoms with Crippen LogP contribution < -0.4 is 5.32 Å². The summed E-state index contributed by atoms with van der Waals surface area (Å²) in [6.45, 7) is 8.90. The minimum absolute atomic E-state index is 0.0752. The molecule has 18 heavy (non-hydrogen) atoms. The molecule has 0 fully saturated rings. The van der Waals surface area contributed by atoms with E-state index in [0.717, 1.165) is 30.7 Å². The summed E-state index contributed by atoms with van der Waals surface area (Å²) < 4.78 is 26.5. The maximum Gasteiger partial charge on any atom is 0.130 e. The molecule has 3 heteroatoms. The quantitative estimate of drug-likeness (QED) is 0.795. The molecule has 0 aliphatic rings. The third-order valence-electron chi connectivity index (χ3n) is 2.60. The molecule has 0 aliphatic carbocycles. The van der Waals surface area contributed by atoms with E-state index in [-0.39, 0.29) is 11.4 Å². The van der Waals surface area contributed by atoms with Gasteiger partial charge in [0.2, 0.25) is 0 Å². The lowest BCUT2D eigenvalue weighted by molar-refractivity contribution is 0.431. The molecule has 0 aromatic heterocycles. The molecule has 1 nitrogen and oxygen atoms in total. The predicted molar refractivity (Wildman–Crippen MR) is 72.4 cm³/mol. The van der Waals surface area contributed by atoms with Gasteiger partial charge >= 0.3 is 0 Å². The van der Waals surface area contributed by atoms with E-state index >= 15 is 0 Å². The molecule has 1 aromatic carbocycles. The standard InChI is InChI=1S/C15H21F2N/c1-11(6-5-9-18-15(2,3)4)13-10-12(16)7-8-14(13)17/h6-8,10,18H,5,9H2,1-4H3. The largest absolute Gasteiger partial charge is 0.312 e. The second kappa shape index (κ2) is 6.10. The van der Waals surface area contributed by atoms with Crippen LogP contribution in [0.25, 0.3) is 5.57 Å². The normalized spacial score (nSPS) is 12.9. The second-order valence-corrected chi connectivity index (χ2v) is 5.48. The van der Waals surface area contributed by atoms with Crippen LogP contribution in [0.4, 0.5) is 8.78 Å². The summed E-state index contributed by atoms with van der Waals surface area (Å²) >= 11 is 0. The fourth-order valence-electron chi connectivity index (χ4n) is 1.65. The maximum atomic E-state index is 13.5. The van der Waals surface area contributed by atoms with Gasteiger partial charge in [-0.25, -0.2) is 8.78 Å². The van der Waals surface area contributed by atoms with Gasteiger partial charge < -0.3 is 5.32 Å². The lowest BCUT2D eigenvalue weighted by Crippen LogP contribution is -2.36. The first kappa shape index (κ1) is 14.8. The zero-order valence-electron chi connectivity index (χ0n) is 11.5. The maximum absolute atomic E-state index is 13.5. The summed E-state index contributed by atoms with van der Waals surface area (Å²) in [5.41, 5.74) is 1.18. The number of allylic oxidation sites excluding steroid dienone is 1. The molecular formula is C15H21F2N. The summed E-state index contributed by atoms with van der Waals surface area (Å²) in [7, 11) is 0. The molecule has 0 saturated carbocycles. The summed E-state index contributed by atoms with van der Waals surface area (Å²) in [6.07, 6.45) is 2.72. The zero-order valence-corrected chi connectivity index (χ0v) is 11.5. The van der Waals surface area contributed by atoms with Crippen molar-refractivity contribution in [1.82, 2.24) is 5.32 Å². The Hall–Kier alpha value is -1.22. The van der Waals surface area contributed by atoms with Gasteiger partial charge in [0.25, 0.3) is 0 Å².